The van der Waals surface area contributed by atoms with Gasteiger partial charge in [-0.05, 0) is 52.1 Å². The van der Waals surface area contributed by atoms with Gasteiger partial charge in [-0.2, -0.15) is 0 Å². The van der Waals surface area contributed by atoms with E-state index >= 15 is 0 Å². The van der Waals surface area contributed by atoms with Crippen molar-refractivity contribution in [3.05, 3.63) is 58.7 Å². The van der Waals surface area contributed by atoms with E-state index in [0.717, 1.165) is 11.1 Å². The van der Waals surface area contributed by atoms with Crippen molar-refractivity contribution in [2.24, 2.45) is 0 Å². The number of hydrogen-bond acceptors (Lipinski definition) is 3. The number of aliphatic hydroxyl groups is 2. The Labute approximate surface area is 134 Å². The largest absolute Gasteiger partial charge is 0.387 e. The fourth-order valence-corrected chi connectivity index (χ4v) is 4.16. The molecule has 3 heteroatoms. The van der Waals surface area contributed by atoms with Gasteiger partial charge in [-0.1, -0.05) is 42.0 Å². The molecule has 0 amide bonds. The molecule has 0 spiro atoms. The summed E-state index contributed by atoms with van der Waals surface area (Å²) >= 11 is 0. The Morgan fingerprint density at radius 2 is 1.78 bits per heavy atom. The zero-order chi connectivity index (χ0) is 15.9. The Morgan fingerprint density at radius 1 is 0.957 bits per heavy atom. The highest BCUT2D eigenvalue weighted by atomic mass is 16.6. The Hall–Kier alpha value is -1.94. The third kappa shape index (κ3) is 1.70. The van der Waals surface area contributed by atoms with Crippen LogP contribution in [0.1, 0.15) is 34.5 Å². The lowest BCUT2D eigenvalue weighted by Gasteiger charge is -2.25. The third-order valence-electron chi connectivity index (χ3n) is 5.33. The van der Waals surface area contributed by atoms with E-state index < -0.39 is 12.2 Å². The standard InChI is InChI=1S/C20H18O3/c1-9-3-4-11-8-10(2)15-12(14(11)7-9)5-6-13-16(15)19-20(23-19)18(22)17(13)21/h3-8,17-22H,1-2H3. The molecule has 1 aliphatic carbocycles. The van der Waals surface area contributed by atoms with E-state index in [2.05, 4.69) is 44.2 Å². The van der Waals surface area contributed by atoms with Crippen LogP contribution in [0.5, 0.6) is 0 Å². The van der Waals surface area contributed by atoms with Crippen LogP contribution in [0.4, 0.5) is 0 Å². The summed E-state index contributed by atoms with van der Waals surface area (Å²) < 4.78 is 5.68. The highest BCUT2D eigenvalue weighted by Crippen LogP contribution is 2.53. The maximum absolute atomic E-state index is 10.4. The van der Waals surface area contributed by atoms with E-state index in [4.69, 9.17) is 4.74 Å². The van der Waals surface area contributed by atoms with Gasteiger partial charge in [-0.25, -0.2) is 0 Å². The van der Waals surface area contributed by atoms with E-state index in [9.17, 15) is 10.2 Å². The summed E-state index contributed by atoms with van der Waals surface area (Å²) in [6.07, 6.45) is -2.05. The Bertz CT molecular complexity index is 976. The van der Waals surface area contributed by atoms with Crippen LogP contribution in [0.15, 0.2) is 36.4 Å². The molecule has 3 aromatic rings. The molecule has 4 unspecified atom stereocenters. The van der Waals surface area contributed by atoms with Crippen LogP contribution in [-0.4, -0.2) is 22.4 Å². The van der Waals surface area contributed by atoms with Crippen molar-refractivity contribution in [3.8, 4) is 0 Å². The lowest BCUT2D eigenvalue weighted by Crippen LogP contribution is -2.29. The minimum absolute atomic E-state index is 0.0898. The van der Waals surface area contributed by atoms with Crippen LogP contribution in [0.3, 0.4) is 0 Å². The summed E-state index contributed by atoms with van der Waals surface area (Å²) in [5.41, 5.74) is 4.28. The van der Waals surface area contributed by atoms with Gasteiger partial charge in [-0.3, -0.25) is 0 Å². The first-order valence-electron chi connectivity index (χ1n) is 8.04. The number of hydrogen-bond donors (Lipinski definition) is 2. The maximum atomic E-state index is 10.4. The maximum Gasteiger partial charge on any atom is 0.118 e. The molecule has 0 radical (unpaired) electrons. The van der Waals surface area contributed by atoms with Gasteiger partial charge < -0.3 is 14.9 Å². The smallest absolute Gasteiger partial charge is 0.118 e. The number of fused-ring (bicyclic) bond motifs is 7. The zero-order valence-electron chi connectivity index (χ0n) is 13.1. The molecule has 3 nitrogen and oxygen atoms in total. The quantitative estimate of drug-likeness (QED) is 0.494. The van der Waals surface area contributed by atoms with Crippen molar-refractivity contribution < 1.29 is 14.9 Å². The van der Waals surface area contributed by atoms with Crippen LogP contribution < -0.4 is 0 Å². The zero-order valence-corrected chi connectivity index (χ0v) is 13.1. The van der Waals surface area contributed by atoms with Crippen LogP contribution in [0.25, 0.3) is 21.5 Å². The van der Waals surface area contributed by atoms with Gasteiger partial charge in [0.25, 0.3) is 0 Å². The average Bonchev–Trinajstić information content (AvgIpc) is 3.33. The van der Waals surface area contributed by atoms with Crippen molar-refractivity contribution in [1.82, 2.24) is 0 Å². The molecule has 5 rings (SSSR count). The van der Waals surface area contributed by atoms with E-state index in [1.807, 2.05) is 6.07 Å². The summed E-state index contributed by atoms with van der Waals surface area (Å²) in [7, 11) is 0. The summed E-state index contributed by atoms with van der Waals surface area (Å²) in [4.78, 5) is 0. The number of benzene rings is 3. The van der Waals surface area contributed by atoms with Gasteiger partial charge in [0.2, 0.25) is 0 Å². The fourth-order valence-electron chi connectivity index (χ4n) is 4.16. The van der Waals surface area contributed by atoms with Crippen LogP contribution >= 0.6 is 0 Å². The van der Waals surface area contributed by atoms with Crippen LogP contribution in [-0.2, 0) is 4.74 Å². The minimum Gasteiger partial charge on any atom is -0.387 e. The molecule has 2 aliphatic rings. The van der Waals surface area contributed by atoms with Crippen molar-refractivity contribution in [2.45, 2.75) is 38.3 Å². The number of aliphatic hydroxyl groups excluding tert-OH is 2. The Balaban J connectivity index is 1.93. The first kappa shape index (κ1) is 13.5. The Morgan fingerprint density at radius 3 is 2.61 bits per heavy atom. The highest BCUT2D eigenvalue weighted by Gasteiger charge is 2.54. The summed E-state index contributed by atoms with van der Waals surface area (Å²) in [5.74, 6) is 0. The first-order valence-corrected chi connectivity index (χ1v) is 8.04. The molecule has 3 aromatic carbocycles. The normalized spacial score (nSPS) is 28.7. The molecule has 0 aromatic heterocycles. The van der Waals surface area contributed by atoms with E-state index in [1.165, 1.54) is 32.7 Å². The lowest BCUT2D eigenvalue weighted by molar-refractivity contribution is 0.000104. The summed E-state index contributed by atoms with van der Waals surface area (Å²) in [6.45, 7) is 4.21. The summed E-state index contributed by atoms with van der Waals surface area (Å²) in [6, 6.07) is 12.7. The molecule has 1 aliphatic heterocycles. The SMILES string of the molecule is Cc1ccc2cc(C)c3c4c(ccc3c2c1)C(O)C(O)C1OC41. The van der Waals surface area contributed by atoms with Crippen LogP contribution in [0.2, 0.25) is 0 Å². The van der Waals surface area contributed by atoms with E-state index in [-0.39, 0.29) is 12.2 Å². The van der Waals surface area contributed by atoms with Gasteiger partial charge in [-0.15, -0.1) is 0 Å². The van der Waals surface area contributed by atoms with Crippen molar-refractivity contribution in [3.63, 3.8) is 0 Å². The first-order chi connectivity index (χ1) is 11.1. The number of rotatable bonds is 0. The van der Waals surface area contributed by atoms with Gasteiger partial charge in [0.15, 0.2) is 0 Å². The Kier molecular flexibility index (Phi) is 2.54. The lowest BCUT2D eigenvalue weighted by atomic mass is 9.82. The van der Waals surface area contributed by atoms with Gasteiger partial charge in [0.05, 0.1) is 0 Å². The minimum atomic E-state index is -0.870. The highest BCUT2D eigenvalue weighted by molar-refractivity contribution is 6.10. The van der Waals surface area contributed by atoms with Crippen LogP contribution in [0, 0.1) is 13.8 Å². The van der Waals surface area contributed by atoms with Gasteiger partial charge >= 0.3 is 0 Å². The molecule has 1 heterocycles. The van der Waals surface area contributed by atoms with Gasteiger partial charge in [0.1, 0.15) is 24.4 Å². The second-order valence-electron chi connectivity index (χ2n) is 6.87. The predicted molar refractivity (Wildman–Crippen MR) is 89.5 cm³/mol. The molecule has 0 bridgehead atoms. The second-order valence-corrected chi connectivity index (χ2v) is 6.87. The van der Waals surface area contributed by atoms with Crippen molar-refractivity contribution >= 4 is 21.5 Å². The summed E-state index contributed by atoms with van der Waals surface area (Å²) in [5, 5.41) is 25.3. The second kappa shape index (κ2) is 4.32. The predicted octanol–water partition coefficient (Wildman–Crippen LogP) is 3.46. The molecule has 1 fully saturated rings. The third-order valence-corrected chi connectivity index (χ3v) is 5.33. The molecule has 116 valence electrons. The molecular weight excluding hydrogens is 288 g/mol. The topological polar surface area (TPSA) is 53.0 Å². The number of aryl methyl sites for hydroxylation is 2. The molecular formula is C20H18O3. The molecule has 0 saturated carbocycles. The average molecular weight is 306 g/mol. The number of ether oxygens (including phenoxy) is 1. The van der Waals surface area contributed by atoms with Crippen molar-refractivity contribution in [2.75, 3.05) is 0 Å². The number of epoxide rings is 1. The monoisotopic (exact) mass is 306 g/mol. The fraction of sp³-hybridized carbons (Fsp3) is 0.300. The van der Waals surface area contributed by atoms with Crippen molar-refractivity contribution in [1.29, 1.82) is 0 Å². The van der Waals surface area contributed by atoms with E-state index in [0.29, 0.717) is 0 Å². The van der Waals surface area contributed by atoms with E-state index in [1.54, 1.807) is 0 Å². The van der Waals surface area contributed by atoms with Gasteiger partial charge in [0, 0.05) is 0 Å². The molecule has 2 N–H and O–H groups in total. The molecule has 23 heavy (non-hydrogen) atoms. The molecule has 1 saturated heterocycles. The molecule has 4 atom stereocenters.